The maximum atomic E-state index is 14.0. The number of unbranched alkanes of at least 4 members (excludes halogenated alkanes) is 1. The number of benzene rings is 2. The Morgan fingerprint density at radius 2 is 1.58 bits per heavy atom. The van der Waals surface area contributed by atoms with Crippen molar-refractivity contribution in [3.63, 3.8) is 0 Å². The van der Waals surface area contributed by atoms with Gasteiger partial charge < -0.3 is 42.4 Å². The van der Waals surface area contributed by atoms with E-state index in [-0.39, 0.29) is 31.6 Å². The van der Waals surface area contributed by atoms with Crippen LogP contribution in [-0.2, 0) is 28.8 Å². The molecule has 2 heterocycles. The minimum absolute atomic E-state index is 0.0250. The molecule has 1 aliphatic rings. The second-order valence-corrected chi connectivity index (χ2v) is 14.9. The Bertz CT molecular complexity index is 2060. The maximum absolute atomic E-state index is 14.0. The summed E-state index contributed by atoms with van der Waals surface area (Å²) >= 11 is 0. The number of carbonyl (C=O) groups is 6. The van der Waals surface area contributed by atoms with Crippen LogP contribution in [-0.4, -0.2) is 79.7 Å². The number of hydrogen-bond acceptors (Lipinski definition) is 9. The predicted molar refractivity (Wildman–Crippen MR) is 223 cm³/mol. The van der Waals surface area contributed by atoms with E-state index in [9.17, 15) is 33.9 Å². The van der Waals surface area contributed by atoms with Gasteiger partial charge in [-0.05, 0) is 99.4 Å². The number of aromatic nitrogens is 3. The number of amides is 5. The van der Waals surface area contributed by atoms with Crippen LogP contribution < -0.4 is 32.3 Å². The Hall–Kier alpha value is -6.58. The lowest BCUT2D eigenvalue weighted by Gasteiger charge is -2.36. The molecule has 1 saturated carbocycles. The average Bonchev–Trinajstić information content (AvgIpc) is 3.64. The van der Waals surface area contributed by atoms with Gasteiger partial charge in [-0.2, -0.15) is 0 Å². The summed E-state index contributed by atoms with van der Waals surface area (Å²) < 4.78 is 0. The molecule has 3 atom stereocenters. The summed E-state index contributed by atoms with van der Waals surface area (Å²) in [5.41, 5.74) is 8.41. The number of para-hydroxylation sites is 2. The van der Waals surface area contributed by atoms with E-state index in [0.29, 0.717) is 56.6 Å². The Kier molecular flexibility index (Phi) is 15.7. The van der Waals surface area contributed by atoms with E-state index in [0.717, 1.165) is 28.7 Å². The fourth-order valence-corrected chi connectivity index (χ4v) is 7.02. The van der Waals surface area contributed by atoms with E-state index in [2.05, 4.69) is 41.5 Å². The van der Waals surface area contributed by atoms with Crippen LogP contribution in [0.5, 0.6) is 0 Å². The highest BCUT2D eigenvalue weighted by molar-refractivity contribution is 5.96. The van der Waals surface area contributed by atoms with Crippen LogP contribution in [0.2, 0.25) is 0 Å². The topological polar surface area (TPSA) is 250 Å². The Balaban J connectivity index is 1.25. The molecular weight excluding hydrogens is 755 g/mol. The van der Waals surface area contributed by atoms with Crippen molar-refractivity contribution in [1.29, 1.82) is 0 Å². The van der Waals surface area contributed by atoms with Crippen molar-refractivity contribution in [1.82, 2.24) is 36.2 Å². The number of nitrogens with zero attached hydrogens (tertiary/aromatic N) is 2. The van der Waals surface area contributed by atoms with Gasteiger partial charge in [0.25, 0.3) is 0 Å². The summed E-state index contributed by atoms with van der Waals surface area (Å²) in [5.74, 6) is -3.87. The zero-order valence-electron chi connectivity index (χ0n) is 33.2. The van der Waals surface area contributed by atoms with Crippen molar-refractivity contribution < 1.29 is 33.9 Å². The quantitative estimate of drug-likeness (QED) is 0.0437. The van der Waals surface area contributed by atoms with Crippen molar-refractivity contribution in [2.75, 3.05) is 11.9 Å². The zero-order chi connectivity index (χ0) is 42.2. The van der Waals surface area contributed by atoms with Crippen molar-refractivity contribution in [3.05, 3.63) is 90.3 Å². The van der Waals surface area contributed by atoms with Crippen LogP contribution in [0.3, 0.4) is 0 Å². The van der Waals surface area contributed by atoms with Gasteiger partial charge >= 0.3 is 5.97 Å². The predicted octanol–water partition coefficient (Wildman–Crippen LogP) is 4.33. The molecule has 9 N–H and O–H groups in total. The molecule has 59 heavy (non-hydrogen) atoms. The molecule has 1 unspecified atom stereocenters. The number of anilines is 2. The first kappa shape index (κ1) is 43.5. The third kappa shape index (κ3) is 13.0. The molecule has 312 valence electrons. The number of carboxylic acids is 1. The van der Waals surface area contributed by atoms with Gasteiger partial charge in [-0.25, -0.2) is 4.98 Å². The number of aromatic amines is 1. The molecule has 1 aliphatic carbocycles. The van der Waals surface area contributed by atoms with Crippen molar-refractivity contribution in [2.24, 2.45) is 5.73 Å². The molecule has 4 aromatic rings. The van der Waals surface area contributed by atoms with Gasteiger partial charge in [0.15, 0.2) is 0 Å². The van der Waals surface area contributed by atoms with Crippen LogP contribution in [0.25, 0.3) is 17.1 Å². The van der Waals surface area contributed by atoms with E-state index in [1.807, 2.05) is 42.5 Å². The Morgan fingerprint density at radius 1 is 0.864 bits per heavy atom. The number of nitrogens with two attached hydrogens (primary N) is 1. The molecule has 16 nitrogen and oxygen atoms in total. The molecule has 16 heteroatoms. The van der Waals surface area contributed by atoms with Crippen LogP contribution in [0.4, 0.5) is 11.6 Å². The van der Waals surface area contributed by atoms with E-state index in [1.54, 1.807) is 43.6 Å². The highest BCUT2D eigenvalue weighted by Crippen LogP contribution is 2.28. The molecular formula is C43H53N9O7. The number of rotatable bonds is 21. The lowest BCUT2D eigenvalue weighted by molar-refractivity contribution is -0.138. The standard InChI is InChI=1S/C43H53N9O7/c1-28(30-18-20-31(21-19-30)47-42-50-32-12-3-4-13-33(32)51-42)38(56)48-34(14-5-8-26-46-36(53)22-17-29-11-10-25-45-27-29)39(57)49-35(15-9-16-37(54)55)40(58)52-43(41(44)59)23-6-2-7-24-43/h3-4,10-13,17-22,25,27-28,34-35H,2,5-9,14-16,23-24,26H2,1H3,(H2,44,59)(H,46,53)(H,48,56)(H,49,57)(H,52,58)(H,54,55)(H2,47,50,51)/b22-17+/t28?,34-,35-/m0/s1. The monoisotopic (exact) mass is 807 g/mol. The summed E-state index contributed by atoms with van der Waals surface area (Å²) in [6.07, 6.45) is 10.2. The first-order valence-corrected chi connectivity index (χ1v) is 20.0. The third-order valence-corrected chi connectivity index (χ3v) is 10.5. The molecule has 2 aromatic heterocycles. The van der Waals surface area contributed by atoms with Crippen molar-refractivity contribution >= 4 is 64.3 Å². The second-order valence-electron chi connectivity index (χ2n) is 14.9. The van der Waals surface area contributed by atoms with Gasteiger partial charge in [-0.3, -0.25) is 33.8 Å². The summed E-state index contributed by atoms with van der Waals surface area (Å²) in [6, 6.07) is 16.2. The van der Waals surface area contributed by atoms with E-state index in [4.69, 9.17) is 5.73 Å². The first-order valence-electron chi connectivity index (χ1n) is 20.0. The normalized spacial score (nSPS) is 15.1. The lowest BCUT2D eigenvalue weighted by Crippen LogP contribution is -2.62. The van der Waals surface area contributed by atoms with Gasteiger partial charge in [-0.1, -0.05) is 49.6 Å². The molecule has 0 radical (unpaired) electrons. The number of imidazole rings is 1. The smallest absolute Gasteiger partial charge is 0.303 e. The number of carbonyl (C=O) groups excluding carboxylic acids is 5. The van der Waals surface area contributed by atoms with Crippen LogP contribution >= 0.6 is 0 Å². The molecule has 0 spiro atoms. The fourth-order valence-electron chi connectivity index (χ4n) is 7.02. The molecule has 2 aromatic carbocycles. The number of carboxylic acid groups (broad SMARTS) is 1. The van der Waals surface area contributed by atoms with Crippen LogP contribution in [0.1, 0.15) is 94.6 Å². The second kappa shape index (κ2) is 21.3. The molecule has 5 rings (SSSR count). The first-order chi connectivity index (χ1) is 28.4. The highest BCUT2D eigenvalue weighted by atomic mass is 16.4. The number of primary amides is 1. The highest BCUT2D eigenvalue weighted by Gasteiger charge is 2.41. The minimum atomic E-state index is -1.27. The molecule has 0 aliphatic heterocycles. The number of hydrogen-bond donors (Lipinski definition) is 8. The summed E-state index contributed by atoms with van der Waals surface area (Å²) in [7, 11) is 0. The fraction of sp³-hybridized carbons (Fsp3) is 0.395. The number of pyridine rings is 1. The molecule has 5 amide bonds. The molecule has 0 bridgehead atoms. The SMILES string of the molecule is CC(C(=O)N[C@@H](CCCCNC(=O)/C=C/c1cccnc1)C(=O)N[C@@H](CCCC(=O)O)C(=O)NC1(C(N)=O)CCCCC1)c1ccc(Nc2nc3ccccc3[nH]2)cc1. The number of H-pyrrole nitrogens is 1. The van der Waals surface area contributed by atoms with Crippen LogP contribution in [0.15, 0.2) is 79.1 Å². The molecule has 0 saturated heterocycles. The van der Waals surface area contributed by atoms with Gasteiger partial charge in [-0.15, -0.1) is 0 Å². The zero-order valence-corrected chi connectivity index (χ0v) is 33.2. The van der Waals surface area contributed by atoms with E-state index < -0.39 is 53.1 Å². The Labute approximate surface area is 342 Å². The third-order valence-electron chi connectivity index (χ3n) is 10.5. The Morgan fingerprint density at radius 3 is 2.27 bits per heavy atom. The van der Waals surface area contributed by atoms with Gasteiger partial charge in [0.2, 0.25) is 35.5 Å². The average molecular weight is 808 g/mol. The van der Waals surface area contributed by atoms with Gasteiger partial charge in [0.1, 0.15) is 17.6 Å². The largest absolute Gasteiger partial charge is 0.481 e. The summed E-state index contributed by atoms with van der Waals surface area (Å²) in [6.45, 7) is 2.02. The van der Waals surface area contributed by atoms with Crippen molar-refractivity contribution in [3.8, 4) is 0 Å². The van der Waals surface area contributed by atoms with E-state index >= 15 is 0 Å². The van der Waals surface area contributed by atoms with E-state index in [1.165, 1.54) is 6.08 Å². The maximum Gasteiger partial charge on any atom is 0.303 e. The summed E-state index contributed by atoms with van der Waals surface area (Å²) in [5, 5.41) is 23.7. The van der Waals surface area contributed by atoms with Crippen LogP contribution in [0, 0.1) is 0 Å². The summed E-state index contributed by atoms with van der Waals surface area (Å²) in [4.78, 5) is 89.6. The van der Waals surface area contributed by atoms with Gasteiger partial charge in [0, 0.05) is 37.1 Å². The number of fused-ring (bicyclic) bond motifs is 1. The number of aliphatic carboxylic acids is 1. The van der Waals surface area contributed by atoms with Crippen molar-refractivity contribution in [2.45, 2.75) is 101 Å². The lowest BCUT2D eigenvalue weighted by atomic mass is 9.80. The number of nitrogens with one attached hydrogen (secondary N) is 6. The van der Waals surface area contributed by atoms with Gasteiger partial charge in [0.05, 0.1) is 17.0 Å². The minimum Gasteiger partial charge on any atom is -0.481 e. The molecule has 1 fully saturated rings.